The highest BCUT2D eigenvalue weighted by molar-refractivity contribution is 5.95. The van der Waals surface area contributed by atoms with Gasteiger partial charge in [-0.3, -0.25) is 4.79 Å². The van der Waals surface area contributed by atoms with Gasteiger partial charge in [0.05, 0.1) is 11.0 Å². The number of benzene rings is 3. The number of carbonyl (C=O) groups is 2. The van der Waals surface area contributed by atoms with Crippen molar-refractivity contribution in [3.63, 3.8) is 0 Å². The van der Waals surface area contributed by atoms with Crippen LogP contribution in [-0.2, 0) is 29.5 Å². The molecule has 0 aliphatic heterocycles. The number of unbranched alkanes of at least 4 members (excludes halogenated alkanes) is 1. The second-order valence-electron chi connectivity index (χ2n) is 11.1. The van der Waals surface area contributed by atoms with E-state index < -0.39 is 12.1 Å². The number of aliphatic carboxylic acids is 1. The van der Waals surface area contributed by atoms with Crippen LogP contribution in [-0.4, -0.2) is 26.5 Å². The SMILES string of the molecule is CCCCc1nc2c(Cc3ccc(OC(C(=O)O)c4ccccc4)cc3)cc(NC(=O)C3CCCCC3)cc2n1C. The molecule has 2 N–H and O–H groups in total. The number of fused-ring (bicyclic) bond motifs is 1. The molecule has 3 aromatic carbocycles. The van der Waals surface area contributed by atoms with Gasteiger partial charge in [0.15, 0.2) is 0 Å². The molecule has 1 fully saturated rings. The molecule has 5 rings (SSSR count). The van der Waals surface area contributed by atoms with Crippen LogP contribution in [0.25, 0.3) is 11.0 Å². The summed E-state index contributed by atoms with van der Waals surface area (Å²) < 4.78 is 8.00. The molecule has 1 amide bonds. The fourth-order valence-electron chi connectivity index (χ4n) is 5.71. The number of imidazole rings is 1. The molecule has 0 bridgehead atoms. The number of aryl methyl sites for hydroxylation is 2. The lowest BCUT2D eigenvalue weighted by atomic mass is 9.88. The lowest BCUT2D eigenvalue weighted by molar-refractivity contribution is -0.145. The summed E-state index contributed by atoms with van der Waals surface area (Å²) in [6.07, 6.45) is 7.96. The Labute approximate surface area is 241 Å². The van der Waals surface area contributed by atoms with Crippen LogP contribution in [0.3, 0.4) is 0 Å². The molecule has 41 heavy (non-hydrogen) atoms. The van der Waals surface area contributed by atoms with Crippen molar-refractivity contribution in [1.82, 2.24) is 9.55 Å². The smallest absolute Gasteiger partial charge is 0.349 e. The van der Waals surface area contributed by atoms with Crippen molar-refractivity contribution in [2.24, 2.45) is 13.0 Å². The maximum atomic E-state index is 13.1. The van der Waals surface area contributed by atoms with Crippen LogP contribution in [0.2, 0.25) is 0 Å². The van der Waals surface area contributed by atoms with Crippen LogP contribution in [0, 0.1) is 5.92 Å². The second-order valence-corrected chi connectivity index (χ2v) is 11.1. The third-order valence-corrected chi connectivity index (χ3v) is 8.05. The Kier molecular flexibility index (Phi) is 9.02. The van der Waals surface area contributed by atoms with Gasteiger partial charge in [-0.25, -0.2) is 9.78 Å². The third-order valence-electron chi connectivity index (χ3n) is 8.05. The molecule has 1 heterocycles. The minimum absolute atomic E-state index is 0.0765. The molecule has 1 unspecified atom stereocenters. The van der Waals surface area contributed by atoms with Gasteiger partial charge in [-0.1, -0.05) is 75.1 Å². The van der Waals surface area contributed by atoms with Crippen LogP contribution in [0.1, 0.15) is 80.5 Å². The van der Waals surface area contributed by atoms with Crippen LogP contribution in [0.15, 0.2) is 66.7 Å². The molecule has 0 saturated heterocycles. The van der Waals surface area contributed by atoms with E-state index in [1.807, 2.05) is 30.3 Å². The van der Waals surface area contributed by atoms with E-state index >= 15 is 0 Å². The second kappa shape index (κ2) is 13.0. The lowest BCUT2D eigenvalue weighted by Crippen LogP contribution is -2.24. The summed E-state index contributed by atoms with van der Waals surface area (Å²) in [5.74, 6) is 0.680. The first-order chi connectivity index (χ1) is 19.9. The van der Waals surface area contributed by atoms with E-state index in [0.717, 1.165) is 78.6 Å². The number of nitrogens with zero attached hydrogens (tertiary/aromatic N) is 2. The molecule has 0 spiro atoms. The Morgan fingerprint density at radius 1 is 1.05 bits per heavy atom. The molecule has 1 aliphatic rings. The molecule has 1 aromatic heterocycles. The van der Waals surface area contributed by atoms with Crippen molar-refractivity contribution in [2.75, 3.05) is 5.32 Å². The Balaban J connectivity index is 1.40. The van der Waals surface area contributed by atoms with Crippen LogP contribution in [0.4, 0.5) is 5.69 Å². The van der Waals surface area contributed by atoms with E-state index in [0.29, 0.717) is 17.7 Å². The van der Waals surface area contributed by atoms with Gasteiger partial charge >= 0.3 is 5.97 Å². The number of rotatable bonds is 11. The number of carboxylic acids is 1. The van der Waals surface area contributed by atoms with Crippen molar-refractivity contribution < 1.29 is 19.4 Å². The summed E-state index contributed by atoms with van der Waals surface area (Å²) in [4.78, 5) is 30.0. The highest BCUT2D eigenvalue weighted by Gasteiger charge is 2.23. The van der Waals surface area contributed by atoms with Gasteiger partial charge in [-0.15, -0.1) is 0 Å². The predicted octanol–water partition coefficient (Wildman–Crippen LogP) is 7.23. The Morgan fingerprint density at radius 2 is 1.78 bits per heavy atom. The average molecular weight is 554 g/mol. The van der Waals surface area contributed by atoms with E-state index in [4.69, 9.17) is 9.72 Å². The number of anilines is 1. The number of nitrogens with one attached hydrogen (secondary N) is 1. The van der Waals surface area contributed by atoms with Crippen molar-refractivity contribution in [1.29, 1.82) is 0 Å². The van der Waals surface area contributed by atoms with E-state index in [2.05, 4.69) is 36.0 Å². The standard InChI is InChI=1S/C34H39N3O4/c1-3-4-15-30-36-31-26(21-27(22-29(31)37(30)2)35-33(38)25-13-9-6-10-14-25)20-23-16-18-28(19-17-23)41-32(34(39)40)24-11-7-5-8-12-24/h5,7-8,11-12,16-19,21-22,25,32H,3-4,6,9-10,13-15,20H2,1-2H3,(H,35,38)(H,39,40). The zero-order chi connectivity index (χ0) is 28.8. The fraction of sp³-hybridized carbons (Fsp3) is 0.382. The van der Waals surface area contributed by atoms with Crippen LogP contribution >= 0.6 is 0 Å². The zero-order valence-electron chi connectivity index (χ0n) is 23.9. The monoisotopic (exact) mass is 553 g/mol. The first-order valence-corrected chi connectivity index (χ1v) is 14.8. The molecule has 1 aliphatic carbocycles. The van der Waals surface area contributed by atoms with Crippen molar-refractivity contribution in [3.8, 4) is 5.75 Å². The normalized spacial score (nSPS) is 14.6. The molecular formula is C34H39N3O4. The summed E-state index contributed by atoms with van der Waals surface area (Å²) in [5, 5.41) is 12.9. The van der Waals surface area contributed by atoms with E-state index in [9.17, 15) is 14.7 Å². The molecule has 7 nitrogen and oxygen atoms in total. The number of hydrogen-bond acceptors (Lipinski definition) is 4. The number of hydrogen-bond donors (Lipinski definition) is 2. The Hall–Kier alpha value is -4.13. The predicted molar refractivity (Wildman–Crippen MR) is 161 cm³/mol. The van der Waals surface area contributed by atoms with Crippen molar-refractivity contribution in [2.45, 2.75) is 70.8 Å². The van der Waals surface area contributed by atoms with Gasteiger partial charge in [-0.05, 0) is 61.1 Å². The van der Waals surface area contributed by atoms with Gasteiger partial charge in [0.25, 0.3) is 0 Å². The van der Waals surface area contributed by atoms with Crippen LogP contribution < -0.4 is 10.1 Å². The third kappa shape index (κ3) is 6.79. The summed E-state index contributed by atoms with van der Waals surface area (Å²) in [6.45, 7) is 2.18. The van der Waals surface area contributed by atoms with E-state index in [1.165, 1.54) is 6.42 Å². The summed E-state index contributed by atoms with van der Waals surface area (Å²) in [6, 6.07) is 20.6. The number of amides is 1. The number of carboxylic acid groups (broad SMARTS) is 1. The van der Waals surface area contributed by atoms with E-state index in [1.54, 1.807) is 24.3 Å². The summed E-state index contributed by atoms with van der Waals surface area (Å²) in [5.41, 5.74) is 5.44. The minimum Gasteiger partial charge on any atom is -0.478 e. The highest BCUT2D eigenvalue weighted by atomic mass is 16.5. The molecule has 7 heteroatoms. The quantitative estimate of drug-likeness (QED) is 0.204. The largest absolute Gasteiger partial charge is 0.478 e. The maximum Gasteiger partial charge on any atom is 0.349 e. The average Bonchev–Trinajstić information content (AvgIpc) is 3.31. The topological polar surface area (TPSA) is 93.5 Å². The molecular weight excluding hydrogens is 514 g/mol. The highest BCUT2D eigenvalue weighted by Crippen LogP contribution is 2.30. The van der Waals surface area contributed by atoms with Crippen molar-refractivity contribution >= 4 is 28.6 Å². The number of carbonyl (C=O) groups excluding carboxylic acids is 1. The van der Waals surface area contributed by atoms with Gasteiger partial charge in [0.1, 0.15) is 11.6 Å². The molecule has 4 aromatic rings. The molecule has 1 atom stereocenters. The first-order valence-electron chi connectivity index (χ1n) is 14.8. The lowest BCUT2D eigenvalue weighted by Gasteiger charge is -2.21. The van der Waals surface area contributed by atoms with E-state index in [-0.39, 0.29) is 11.8 Å². The molecule has 1 saturated carbocycles. The number of aromatic nitrogens is 2. The van der Waals surface area contributed by atoms with Gasteiger partial charge < -0.3 is 19.7 Å². The van der Waals surface area contributed by atoms with Gasteiger partial charge in [0, 0.05) is 30.6 Å². The minimum atomic E-state index is -1.08. The Morgan fingerprint density at radius 3 is 2.46 bits per heavy atom. The number of ether oxygens (including phenoxy) is 1. The molecule has 214 valence electrons. The van der Waals surface area contributed by atoms with Crippen molar-refractivity contribution in [3.05, 3.63) is 89.2 Å². The van der Waals surface area contributed by atoms with Gasteiger partial charge in [-0.2, -0.15) is 0 Å². The summed E-state index contributed by atoms with van der Waals surface area (Å²) in [7, 11) is 2.05. The van der Waals surface area contributed by atoms with Crippen LogP contribution in [0.5, 0.6) is 5.75 Å². The first kappa shape index (κ1) is 28.4. The Bertz CT molecular complexity index is 1490. The summed E-state index contributed by atoms with van der Waals surface area (Å²) >= 11 is 0. The zero-order valence-corrected chi connectivity index (χ0v) is 23.9. The maximum absolute atomic E-state index is 13.1. The fourth-order valence-corrected chi connectivity index (χ4v) is 5.71. The van der Waals surface area contributed by atoms with Gasteiger partial charge in [0.2, 0.25) is 12.0 Å². The molecule has 0 radical (unpaired) electrons.